The van der Waals surface area contributed by atoms with Gasteiger partial charge in [0.25, 0.3) is 0 Å². The Morgan fingerprint density at radius 3 is 2.76 bits per heavy atom. The average Bonchev–Trinajstić information content (AvgIpc) is 2.82. The molecule has 0 spiro atoms. The van der Waals surface area contributed by atoms with Gasteiger partial charge in [-0.25, -0.2) is 4.98 Å². The third kappa shape index (κ3) is 3.31. The van der Waals surface area contributed by atoms with Crippen molar-refractivity contribution in [2.75, 3.05) is 6.54 Å². The summed E-state index contributed by atoms with van der Waals surface area (Å²) >= 11 is 1.69. The van der Waals surface area contributed by atoms with E-state index in [-0.39, 0.29) is 6.04 Å². The highest BCUT2D eigenvalue weighted by Crippen LogP contribution is 2.11. The van der Waals surface area contributed by atoms with Crippen molar-refractivity contribution < 1.29 is 0 Å². The minimum atomic E-state index is 0.226. The summed E-state index contributed by atoms with van der Waals surface area (Å²) in [5.41, 5.74) is 2.01. The van der Waals surface area contributed by atoms with Gasteiger partial charge in [-0.15, -0.1) is 11.3 Å². The highest BCUT2D eigenvalue weighted by molar-refractivity contribution is 7.09. The highest BCUT2D eigenvalue weighted by Gasteiger charge is 2.09. The van der Waals surface area contributed by atoms with E-state index in [0.29, 0.717) is 0 Å². The number of aryl methyl sites for hydroxylation is 1. The number of nitrogens with one attached hydrogen (secondary N) is 1. The molecule has 0 aromatic carbocycles. The van der Waals surface area contributed by atoms with Crippen molar-refractivity contribution in [2.24, 2.45) is 0 Å². The predicted octanol–water partition coefficient (Wildman–Crippen LogP) is 2.13. The smallest absolute Gasteiger partial charge is 0.0937 e. The minimum Gasteiger partial charge on any atom is -0.308 e. The Morgan fingerprint density at radius 2 is 2.06 bits per heavy atom. The maximum Gasteiger partial charge on any atom is 0.0937 e. The molecule has 0 saturated carbocycles. The van der Waals surface area contributed by atoms with Crippen LogP contribution in [0, 0.1) is 6.92 Å². The van der Waals surface area contributed by atoms with E-state index < -0.39 is 0 Å². The SMILES string of the molecule is Cc1nccnc1C(C)NCCc1nccs1. The summed E-state index contributed by atoms with van der Waals surface area (Å²) in [6, 6.07) is 0.226. The maximum absolute atomic E-state index is 4.36. The average molecular weight is 248 g/mol. The third-order valence-corrected chi connectivity index (χ3v) is 3.44. The van der Waals surface area contributed by atoms with Crippen molar-refractivity contribution in [2.45, 2.75) is 26.3 Å². The summed E-state index contributed by atoms with van der Waals surface area (Å²) in [6.07, 6.45) is 6.26. The fraction of sp³-hybridized carbons (Fsp3) is 0.417. The van der Waals surface area contributed by atoms with Crippen molar-refractivity contribution >= 4 is 11.3 Å². The summed E-state index contributed by atoms with van der Waals surface area (Å²) < 4.78 is 0. The Morgan fingerprint density at radius 1 is 1.24 bits per heavy atom. The van der Waals surface area contributed by atoms with Gasteiger partial charge < -0.3 is 5.32 Å². The van der Waals surface area contributed by atoms with E-state index in [1.165, 1.54) is 5.01 Å². The second-order valence-electron chi connectivity index (χ2n) is 3.88. The molecule has 0 saturated heterocycles. The first-order chi connectivity index (χ1) is 8.27. The molecule has 5 heteroatoms. The van der Waals surface area contributed by atoms with Gasteiger partial charge in [-0.3, -0.25) is 9.97 Å². The van der Waals surface area contributed by atoms with Gasteiger partial charge in [0.05, 0.1) is 16.4 Å². The molecule has 1 unspecified atom stereocenters. The fourth-order valence-electron chi connectivity index (χ4n) is 1.71. The standard InChI is InChI=1S/C12H16N4S/c1-9(12-10(2)14-5-6-16-12)13-4-3-11-15-7-8-17-11/h5-9,13H,3-4H2,1-2H3. The lowest BCUT2D eigenvalue weighted by atomic mass is 10.2. The molecule has 0 aliphatic carbocycles. The van der Waals surface area contributed by atoms with Gasteiger partial charge in [0.15, 0.2) is 0 Å². The largest absolute Gasteiger partial charge is 0.308 e. The molecular formula is C12H16N4S. The van der Waals surface area contributed by atoms with Gasteiger partial charge >= 0.3 is 0 Å². The molecule has 1 N–H and O–H groups in total. The molecule has 2 rings (SSSR count). The molecule has 0 amide bonds. The molecule has 0 fully saturated rings. The van der Waals surface area contributed by atoms with Crippen molar-refractivity contribution in [3.63, 3.8) is 0 Å². The number of thiazole rings is 1. The van der Waals surface area contributed by atoms with Gasteiger partial charge in [0.2, 0.25) is 0 Å². The van der Waals surface area contributed by atoms with Crippen LogP contribution >= 0.6 is 11.3 Å². The fourth-order valence-corrected chi connectivity index (χ4v) is 2.33. The van der Waals surface area contributed by atoms with E-state index in [1.54, 1.807) is 23.7 Å². The van der Waals surface area contributed by atoms with Gasteiger partial charge in [-0.05, 0) is 13.8 Å². The van der Waals surface area contributed by atoms with Crippen molar-refractivity contribution in [1.82, 2.24) is 20.3 Å². The number of rotatable bonds is 5. The lowest BCUT2D eigenvalue weighted by Gasteiger charge is -2.14. The number of hydrogen-bond donors (Lipinski definition) is 1. The molecule has 0 bridgehead atoms. The zero-order valence-electron chi connectivity index (χ0n) is 10.1. The van der Waals surface area contributed by atoms with Crippen molar-refractivity contribution in [3.8, 4) is 0 Å². The Balaban J connectivity index is 1.85. The molecule has 0 aliphatic rings. The normalized spacial score (nSPS) is 12.6. The first-order valence-corrected chi connectivity index (χ1v) is 6.54. The van der Waals surface area contributed by atoms with Gasteiger partial charge in [0, 0.05) is 43.0 Å². The van der Waals surface area contributed by atoms with E-state index in [4.69, 9.17) is 0 Å². The molecule has 2 heterocycles. The van der Waals surface area contributed by atoms with Crippen LogP contribution in [-0.4, -0.2) is 21.5 Å². The van der Waals surface area contributed by atoms with E-state index in [0.717, 1.165) is 24.4 Å². The second kappa shape index (κ2) is 5.84. The van der Waals surface area contributed by atoms with Crippen LogP contribution in [0.25, 0.3) is 0 Å². The van der Waals surface area contributed by atoms with Gasteiger partial charge in [-0.2, -0.15) is 0 Å². The maximum atomic E-state index is 4.36. The van der Waals surface area contributed by atoms with Crippen molar-refractivity contribution in [1.29, 1.82) is 0 Å². The molecule has 17 heavy (non-hydrogen) atoms. The van der Waals surface area contributed by atoms with Crippen LogP contribution < -0.4 is 5.32 Å². The molecule has 1 atom stereocenters. The summed E-state index contributed by atoms with van der Waals surface area (Å²) in [7, 11) is 0. The molecule has 2 aromatic rings. The molecule has 0 aliphatic heterocycles. The Kier molecular flexibility index (Phi) is 4.17. The minimum absolute atomic E-state index is 0.226. The van der Waals surface area contributed by atoms with E-state index >= 15 is 0 Å². The Labute approximate surface area is 105 Å². The van der Waals surface area contributed by atoms with Crippen molar-refractivity contribution in [3.05, 3.63) is 40.4 Å². The molecule has 0 radical (unpaired) electrons. The summed E-state index contributed by atoms with van der Waals surface area (Å²) in [4.78, 5) is 12.9. The monoisotopic (exact) mass is 248 g/mol. The molecule has 90 valence electrons. The lowest BCUT2D eigenvalue weighted by molar-refractivity contribution is 0.558. The molecule has 2 aromatic heterocycles. The van der Waals surface area contributed by atoms with E-state index in [1.807, 2.05) is 18.5 Å². The quantitative estimate of drug-likeness (QED) is 0.880. The van der Waals surface area contributed by atoms with E-state index in [9.17, 15) is 0 Å². The zero-order valence-corrected chi connectivity index (χ0v) is 10.9. The van der Waals surface area contributed by atoms with Crippen LogP contribution in [0.1, 0.15) is 29.4 Å². The Bertz CT molecular complexity index is 455. The predicted molar refractivity (Wildman–Crippen MR) is 69.0 cm³/mol. The molecular weight excluding hydrogens is 232 g/mol. The topological polar surface area (TPSA) is 50.7 Å². The first kappa shape index (κ1) is 12.1. The summed E-state index contributed by atoms with van der Waals surface area (Å²) in [6.45, 7) is 5.00. The van der Waals surface area contributed by atoms with Crippen LogP contribution in [0.3, 0.4) is 0 Å². The van der Waals surface area contributed by atoms with Crippen LogP contribution in [0.15, 0.2) is 24.0 Å². The first-order valence-electron chi connectivity index (χ1n) is 5.66. The van der Waals surface area contributed by atoms with E-state index in [2.05, 4.69) is 27.2 Å². The second-order valence-corrected chi connectivity index (χ2v) is 4.86. The number of nitrogens with zero attached hydrogens (tertiary/aromatic N) is 3. The van der Waals surface area contributed by atoms with Gasteiger partial charge in [0.1, 0.15) is 0 Å². The van der Waals surface area contributed by atoms with Crippen LogP contribution in [0.2, 0.25) is 0 Å². The van der Waals surface area contributed by atoms with Crippen LogP contribution in [0.4, 0.5) is 0 Å². The summed E-state index contributed by atoms with van der Waals surface area (Å²) in [5.74, 6) is 0. The highest BCUT2D eigenvalue weighted by atomic mass is 32.1. The van der Waals surface area contributed by atoms with Gasteiger partial charge in [-0.1, -0.05) is 0 Å². The molecule has 4 nitrogen and oxygen atoms in total. The lowest BCUT2D eigenvalue weighted by Crippen LogP contribution is -2.23. The zero-order chi connectivity index (χ0) is 12.1. The third-order valence-electron chi connectivity index (χ3n) is 2.60. The Hall–Kier alpha value is -1.33. The summed E-state index contributed by atoms with van der Waals surface area (Å²) in [5, 5.41) is 6.61. The number of aromatic nitrogens is 3. The van der Waals surface area contributed by atoms with Crippen LogP contribution in [0.5, 0.6) is 0 Å². The van der Waals surface area contributed by atoms with Crippen LogP contribution in [-0.2, 0) is 6.42 Å². The number of hydrogen-bond acceptors (Lipinski definition) is 5.